The van der Waals surface area contributed by atoms with Crippen LogP contribution in [0.1, 0.15) is 11.1 Å². The number of phenolic OH excluding ortho intramolecular Hbond substituents is 2. The third kappa shape index (κ3) is 7.89. The lowest BCUT2D eigenvalue weighted by molar-refractivity contribution is 0.262. The number of carbonyl (C=O) groups excluding carboxylic acids is 1. The molecule has 6 aromatic rings. The highest BCUT2D eigenvalue weighted by molar-refractivity contribution is 7.93. The van der Waals surface area contributed by atoms with E-state index in [1.807, 2.05) is 0 Å². The second kappa shape index (κ2) is 14.3. The van der Waals surface area contributed by atoms with Crippen molar-refractivity contribution in [2.24, 2.45) is 0 Å². The first-order chi connectivity index (χ1) is 26.1. The maximum Gasteiger partial charge on any atom is 0.323 e. The summed E-state index contributed by atoms with van der Waals surface area (Å²) in [7, 11) is -18.6. The van der Waals surface area contributed by atoms with Crippen molar-refractivity contribution in [1.29, 1.82) is 0 Å². The Morgan fingerprint density at radius 3 is 1.23 bits per heavy atom. The molecule has 0 radical (unpaired) electrons. The van der Waals surface area contributed by atoms with Crippen LogP contribution in [0.25, 0.3) is 21.5 Å². The number of carbonyl (C=O) groups is 1. The lowest BCUT2D eigenvalue weighted by atomic mass is 10.1. The van der Waals surface area contributed by atoms with E-state index in [9.17, 15) is 57.8 Å². The third-order valence-electron chi connectivity index (χ3n) is 8.51. The molecule has 0 aliphatic rings. The van der Waals surface area contributed by atoms with E-state index in [1.165, 1.54) is 74.5 Å². The molecule has 0 atom stereocenters. The summed E-state index contributed by atoms with van der Waals surface area (Å²) in [5.74, 6) is -1.22. The highest BCUT2D eigenvalue weighted by Gasteiger charge is 2.26. The van der Waals surface area contributed by atoms with E-state index < -0.39 is 79.0 Å². The Morgan fingerprint density at radius 1 is 0.518 bits per heavy atom. The molecule has 292 valence electrons. The zero-order valence-electron chi connectivity index (χ0n) is 28.8. The number of urea groups is 1. The molecule has 0 fully saturated rings. The maximum absolute atomic E-state index is 13.4. The third-order valence-corrected chi connectivity index (χ3v) is 13.0. The van der Waals surface area contributed by atoms with Gasteiger partial charge in [0.2, 0.25) is 0 Å². The molecule has 0 unspecified atom stereocenters. The predicted molar refractivity (Wildman–Crippen MR) is 207 cm³/mol. The second-order valence-electron chi connectivity index (χ2n) is 12.3. The van der Waals surface area contributed by atoms with E-state index in [2.05, 4.69) is 20.1 Å². The number of anilines is 4. The first-order valence-corrected chi connectivity index (χ1v) is 21.7. The lowest BCUT2D eigenvalue weighted by Crippen LogP contribution is -2.21. The van der Waals surface area contributed by atoms with Crippen molar-refractivity contribution >= 4 is 90.6 Å². The fraction of sp³-hybridized carbons (Fsp3) is 0.0571. The summed E-state index contributed by atoms with van der Waals surface area (Å²) in [5, 5.41) is 26.0. The Balaban J connectivity index is 1.20. The van der Waals surface area contributed by atoms with Crippen molar-refractivity contribution < 1.29 is 57.8 Å². The lowest BCUT2D eigenvalue weighted by Gasteiger charge is -2.16. The number of sulfonamides is 2. The van der Waals surface area contributed by atoms with Crippen LogP contribution in [0, 0.1) is 13.8 Å². The molecule has 0 aliphatic heterocycles. The van der Waals surface area contributed by atoms with Crippen molar-refractivity contribution in [3.8, 4) is 11.5 Å². The molecule has 0 heterocycles. The molecule has 2 amide bonds. The number of fused-ring (bicyclic) bond motifs is 2. The van der Waals surface area contributed by atoms with Gasteiger partial charge in [-0.1, -0.05) is 36.4 Å². The predicted octanol–water partition coefficient (Wildman–Crippen LogP) is 5.76. The monoisotopic (exact) mass is 842 g/mol. The van der Waals surface area contributed by atoms with Crippen LogP contribution < -0.4 is 20.1 Å². The van der Waals surface area contributed by atoms with Gasteiger partial charge in [0.05, 0.1) is 21.2 Å². The summed E-state index contributed by atoms with van der Waals surface area (Å²) in [6, 6.07) is 19.1. The molecule has 6 rings (SSSR count). The number of rotatable bonds is 10. The van der Waals surface area contributed by atoms with Crippen molar-refractivity contribution in [3.63, 3.8) is 0 Å². The van der Waals surface area contributed by atoms with Crippen molar-refractivity contribution in [2.45, 2.75) is 33.4 Å². The van der Waals surface area contributed by atoms with Gasteiger partial charge in [0.1, 0.15) is 21.3 Å². The minimum Gasteiger partial charge on any atom is -0.506 e. The van der Waals surface area contributed by atoms with Gasteiger partial charge in [0, 0.05) is 22.1 Å². The van der Waals surface area contributed by atoms with Crippen LogP contribution in [0.5, 0.6) is 11.5 Å². The van der Waals surface area contributed by atoms with E-state index in [4.69, 9.17) is 0 Å². The van der Waals surface area contributed by atoms with Gasteiger partial charge >= 0.3 is 6.03 Å². The van der Waals surface area contributed by atoms with Crippen LogP contribution in [-0.4, -0.2) is 59.0 Å². The highest BCUT2D eigenvalue weighted by Crippen LogP contribution is 2.40. The van der Waals surface area contributed by atoms with E-state index in [1.54, 1.807) is 0 Å². The van der Waals surface area contributed by atoms with Crippen molar-refractivity contribution in [2.75, 3.05) is 20.1 Å². The number of aryl methyl sites for hydroxylation is 2. The van der Waals surface area contributed by atoms with E-state index in [-0.39, 0.29) is 53.8 Å². The van der Waals surface area contributed by atoms with Crippen LogP contribution in [-0.2, 0) is 40.3 Å². The average Bonchev–Trinajstić information content (AvgIpc) is 3.11. The van der Waals surface area contributed by atoms with Gasteiger partial charge in [-0.25, -0.2) is 21.6 Å². The molecule has 17 nitrogen and oxygen atoms in total. The molecule has 56 heavy (non-hydrogen) atoms. The highest BCUT2D eigenvalue weighted by atomic mass is 32.2. The van der Waals surface area contributed by atoms with Gasteiger partial charge in [-0.05, 0) is 96.4 Å². The molecular formula is C35H30N4O13S4. The van der Waals surface area contributed by atoms with Crippen LogP contribution in [0.4, 0.5) is 27.5 Å². The molecule has 0 aromatic heterocycles. The number of hydrogen-bond donors (Lipinski definition) is 8. The molecule has 0 spiro atoms. The Kier molecular flexibility index (Phi) is 10.1. The van der Waals surface area contributed by atoms with E-state index >= 15 is 0 Å². The second-order valence-corrected chi connectivity index (χ2v) is 18.5. The Hall–Kier alpha value is -5.97. The van der Waals surface area contributed by atoms with Crippen LogP contribution in [0.2, 0.25) is 0 Å². The Bertz CT molecular complexity index is 2880. The Morgan fingerprint density at radius 2 is 0.893 bits per heavy atom. The number of amides is 2. The summed E-state index contributed by atoms with van der Waals surface area (Å²) in [5.41, 5.74) is -0.105. The number of hydrogen-bond acceptors (Lipinski definition) is 11. The van der Waals surface area contributed by atoms with Crippen LogP contribution >= 0.6 is 0 Å². The zero-order chi connectivity index (χ0) is 41.0. The van der Waals surface area contributed by atoms with Crippen LogP contribution in [0.3, 0.4) is 0 Å². The van der Waals surface area contributed by atoms with Gasteiger partial charge < -0.3 is 20.8 Å². The van der Waals surface area contributed by atoms with E-state index in [0.29, 0.717) is 0 Å². The van der Waals surface area contributed by atoms with E-state index in [0.717, 1.165) is 36.4 Å². The molecule has 21 heteroatoms. The van der Waals surface area contributed by atoms with Gasteiger partial charge in [0.15, 0.2) is 0 Å². The van der Waals surface area contributed by atoms with Gasteiger partial charge in [0.25, 0.3) is 40.3 Å². The zero-order valence-corrected chi connectivity index (χ0v) is 32.1. The summed E-state index contributed by atoms with van der Waals surface area (Å²) in [6.07, 6.45) is 0. The number of phenols is 2. The summed E-state index contributed by atoms with van der Waals surface area (Å²) < 4.78 is 126. The molecule has 0 saturated heterocycles. The smallest absolute Gasteiger partial charge is 0.323 e. The Labute approximate surface area is 320 Å². The summed E-state index contributed by atoms with van der Waals surface area (Å²) >= 11 is 0. The molecule has 6 aromatic carbocycles. The van der Waals surface area contributed by atoms with Crippen LogP contribution in [0.15, 0.2) is 117 Å². The van der Waals surface area contributed by atoms with Gasteiger partial charge in [-0.15, -0.1) is 0 Å². The SMILES string of the molecule is Cc1cc(S(=O)(=O)Nc2c(O)ccc3cccc(S(=O)(=O)O)c23)ccc1NC(=O)Nc1ccc(S(=O)(=O)Nc2c(O)ccc3cccc(S(=O)(=O)O)c23)cc1C. The minimum absolute atomic E-state index is 0.170. The molecule has 8 N–H and O–H groups in total. The first kappa shape index (κ1) is 39.7. The fourth-order valence-corrected chi connectivity index (χ4v) is 9.66. The van der Waals surface area contributed by atoms with Crippen molar-refractivity contribution in [3.05, 3.63) is 108 Å². The van der Waals surface area contributed by atoms with Crippen molar-refractivity contribution in [1.82, 2.24) is 0 Å². The van der Waals surface area contributed by atoms with Gasteiger partial charge in [-0.2, -0.15) is 16.8 Å². The number of nitrogens with one attached hydrogen (secondary N) is 4. The maximum atomic E-state index is 13.4. The van der Waals surface area contributed by atoms with Gasteiger partial charge in [-0.3, -0.25) is 18.5 Å². The minimum atomic E-state index is -4.83. The molecule has 0 saturated carbocycles. The molecular weight excluding hydrogens is 813 g/mol. The quantitative estimate of drug-likeness (QED) is 0.0602. The fourth-order valence-electron chi connectivity index (χ4n) is 5.86. The largest absolute Gasteiger partial charge is 0.506 e. The summed E-state index contributed by atoms with van der Waals surface area (Å²) in [4.78, 5) is 11.1. The topological polar surface area (TPSA) is 283 Å². The molecule has 0 aliphatic carbocycles. The number of aromatic hydroxyl groups is 2. The standard InChI is InChI=1S/C35H30N4O13S4/c1-19-17-23(53(43,44)38-33-27(40)15-9-21-5-3-7-29(31(21)33)55(47,48)49)11-13-25(19)36-35(42)37-26-14-12-24(18-20(26)2)54(45,46)39-34-28(41)16-10-22-6-4-8-30(32(22)34)56(50,51)52/h3-18,38-41H,1-2H3,(H2,36,37,42)(H,47,48,49)(H,50,51,52). The number of benzene rings is 6. The average molecular weight is 843 g/mol. The molecule has 0 bridgehead atoms. The normalized spacial score (nSPS) is 12.4. The summed E-state index contributed by atoms with van der Waals surface area (Å²) in [6.45, 7) is 2.98. The first-order valence-electron chi connectivity index (χ1n) is 15.9.